The van der Waals surface area contributed by atoms with Gasteiger partial charge in [0.05, 0.1) is 17.2 Å². The Bertz CT molecular complexity index is 2810. The minimum absolute atomic E-state index is 0.0129. The maximum atomic E-state index is 12.6. The summed E-state index contributed by atoms with van der Waals surface area (Å²) in [5.74, 6) is 1.37. The molecule has 8 rings (SSSR count). The highest BCUT2D eigenvalue weighted by atomic mass is 16.5. The van der Waals surface area contributed by atoms with Crippen LogP contribution in [0.3, 0.4) is 0 Å². The molecule has 330 valence electrons. The SMILES string of the molecule is C=C(C)C(=O)OC1CCCCC1Nc1ccc(C(=C2C=CC(=[O+]c3c(C)cc(C)cc3C)C=C2)c2ccc(Nc3c(C)cc(C)cc3C)cc2)c2ccccc12.C=Cc1ccc(C)cc1. The van der Waals surface area contributed by atoms with Crippen molar-refractivity contribution in [2.75, 3.05) is 10.6 Å². The fourth-order valence-electron chi connectivity index (χ4n) is 9.04. The maximum absolute atomic E-state index is 12.6. The lowest BCUT2D eigenvalue weighted by atomic mass is 9.87. The summed E-state index contributed by atoms with van der Waals surface area (Å²) in [5.41, 5.74) is 17.8. The number of ketones is 1. The van der Waals surface area contributed by atoms with Crippen LogP contribution in [0.2, 0.25) is 0 Å². The Morgan fingerprint density at radius 1 is 0.692 bits per heavy atom. The largest absolute Gasteiger partial charge is 0.457 e. The molecule has 0 bridgehead atoms. The zero-order valence-electron chi connectivity index (χ0n) is 39.4. The highest BCUT2D eigenvalue weighted by molar-refractivity contribution is 6.07. The monoisotopic (exact) mass is 859 g/mol. The van der Waals surface area contributed by atoms with Gasteiger partial charge in [-0.25, -0.2) is 9.22 Å². The molecule has 2 N–H and O–H groups in total. The van der Waals surface area contributed by atoms with Crippen molar-refractivity contribution in [3.05, 3.63) is 213 Å². The lowest BCUT2D eigenvalue weighted by molar-refractivity contribution is -0.365. The Labute approximate surface area is 386 Å². The number of fused-ring (bicyclic) bond motifs is 1. The summed E-state index contributed by atoms with van der Waals surface area (Å²) in [6, 6.07) is 38.8. The summed E-state index contributed by atoms with van der Waals surface area (Å²) in [6.45, 7) is 24.0. The van der Waals surface area contributed by atoms with Crippen LogP contribution in [0.15, 0.2) is 158 Å². The highest BCUT2D eigenvalue weighted by Crippen LogP contribution is 2.39. The van der Waals surface area contributed by atoms with Gasteiger partial charge in [0.15, 0.2) is 0 Å². The van der Waals surface area contributed by atoms with E-state index in [0.717, 1.165) is 98.5 Å². The van der Waals surface area contributed by atoms with Crippen LogP contribution in [0.5, 0.6) is 5.75 Å². The van der Waals surface area contributed by atoms with Gasteiger partial charge in [0.2, 0.25) is 0 Å². The van der Waals surface area contributed by atoms with Crippen LogP contribution in [-0.4, -0.2) is 23.9 Å². The number of rotatable bonds is 10. The normalized spacial score (nSPS) is 15.4. The van der Waals surface area contributed by atoms with Gasteiger partial charge in [0, 0.05) is 40.2 Å². The molecule has 0 spiro atoms. The molecule has 1 fully saturated rings. The molecule has 0 aromatic heterocycles. The van der Waals surface area contributed by atoms with Gasteiger partial charge >= 0.3 is 17.5 Å². The molecule has 5 heteroatoms. The molecule has 65 heavy (non-hydrogen) atoms. The number of aryl methyl sites for hydroxylation is 7. The van der Waals surface area contributed by atoms with Gasteiger partial charge in [0.25, 0.3) is 0 Å². The van der Waals surface area contributed by atoms with E-state index in [9.17, 15) is 4.79 Å². The van der Waals surface area contributed by atoms with E-state index in [1.54, 1.807) is 6.92 Å². The summed E-state index contributed by atoms with van der Waals surface area (Å²) in [7, 11) is 0. The predicted octanol–water partition coefficient (Wildman–Crippen LogP) is 15.4. The van der Waals surface area contributed by atoms with E-state index < -0.39 is 0 Å². The Kier molecular flexibility index (Phi) is 14.6. The van der Waals surface area contributed by atoms with E-state index in [2.05, 4.69) is 206 Å². The van der Waals surface area contributed by atoms with Gasteiger partial charge in [-0.1, -0.05) is 116 Å². The van der Waals surface area contributed by atoms with Crippen LogP contribution < -0.4 is 10.6 Å². The van der Waals surface area contributed by atoms with E-state index in [1.807, 2.05) is 6.08 Å². The lowest BCUT2D eigenvalue weighted by Crippen LogP contribution is -2.39. The average Bonchev–Trinajstić information content (AvgIpc) is 3.29. The first-order chi connectivity index (χ1) is 31.3. The molecule has 1 saturated carbocycles. The summed E-state index contributed by atoms with van der Waals surface area (Å²) in [6.07, 6.45) is 14.0. The Morgan fingerprint density at radius 3 is 1.91 bits per heavy atom. The number of allylic oxidation sites excluding steroid dienone is 5. The second kappa shape index (κ2) is 20.7. The molecule has 0 radical (unpaired) electrons. The fraction of sp³-hybridized carbons (Fsp3) is 0.233. The molecular weight excluding hydrogens is 797 g/mol. The molecule has 6 aromatic rings. The zero-order chi connectivity index (χ0) is 46.2. The number of esters is 1. The molecule has 0 heterocycles. The first-order valence-corrected chi connectivity index (χ1v) is 22.8. The number of carbonyl (C=O) groups excluding carboxylic acids is 2. The van der Waals surface area contributed by atoms with Gasteiger partial charge in [-0.2, -0.15) is 0 Å². The molecule has 2 atom stereocenters. The van der Waals surface area contributed by atoms with E-state index in [1.165, 1.54) is 33.4 Å². The van der Waals surface area contributed by atoms with Crippen molar-refractivity contribution in [2.24, 2.45) is 0 Å². The molecule has 5 nitrogen and oxygen atoms in total. The zero-order valence-corrected chi connectivity index (χ0v) is 39.4. The lowest BCUT2D eigenvalue weighted by Gasteiger charge is -2.33. The van der Waals surface area contributed by atoms with Crippen LogP contribution in [-0.2, 0) is 14.0 Å². The third kappa shape index (κ3) is 11.2. The minimum atomic E-state index is -0.325. The van der Waals surface area contributed by atoms with E-state index >= 15 is 0 Å². The van der Waals surface area contributed by atoms with Crippen molar-refractivity contribution >= 4 is 51.2 Å². The summed E-state index contributed by atoms with van der Waals surface area (Å²) >= 11 is 0. The van der Waals surface area contributed by atoms with Gasteiger partial charge < -0.3 is 15.4 Å². The Morgan fingerprint density at radius 2 is 1.29 bits per heavy atom. The molecule has 0 saturated heterocycles. The summed E-state index contributed by atoms with van der Waals surface area (Å²) < 4.78 is 12.4. The van der Waals surface area contributed by atoms with E-state index in [-0.39, 0.29) is 18.1 Å². The smallest absolute Gasteiger partial charge is 0.359 e. The van der Waals surface area contributed by atoms with Gasteiger partial charge in [-0.15, -0.1) is 0 Å². The third-order valence-electron chi connectivity index (χ3n) is 12.2. The van der Waals surface area contributed by atoms with Crippen LogP contribution in [0.4, 0.5) is 17.1 Å². The van der Waals surface area contributed by atoms with Crippen LogP contribution in [0, 0.1) is 48.5 Å². The number of benzene rings is 6. The fourth-order valence-corrected chi connectivity index (χ4v) is 9.04. The van der Waals surface area contributed by atoms with Crippen molar-refractivity contribution in [3.8, 4) is 5.75 Å². The van der Waals surface area contributed by atoms with Crippen molar-refractivity contribution in [3.63, 3.8) is 0 Å². The molecule has 0 aliphatic heterocycles. The number of hydrogen-bond acceptors (Lipinski definition) is 4. The predicted molar refractivity (Wildman–Crippen MR) is 276 cm³/mol. The maximum Gasteiger partial charge on any atom is 0.359 e. The Hall–Kier alpha value is -6.98. The first kappa shape index (κ1) is 46.0. The van der Waals surface area contributed by atoms with E-state index in [0.29, 0.717) is 5.57 Å². The Balaban J connectivity index is 0.000000626. The molecule has 0 amide bonds. The summed E-state index contributed by atoms with van der Waals surface area (Å²) in [4.78, 5) is 12.6. The quantitative estimate of drug-likeness (QED) is 0.0818. The van der Waals surface area contributed by atoms with Crippen LogP contribution >= 0.6 is 0 Å². The van der Waals surface area contributed by atoms with Crippen molar-refractivity contribution in [1.82, 2.24) is 0 Å². The molecule has 2 aliphatic rings. The van der Waals surface area contributed by atoms with E-state index in [4.69, 9.17) is 9.16 Å². The molecule has 6 aromatic carbocycles. The number of carbonyl (C=O) groups is 1. The average molecular weight is 860 g/mol. The molecule has 2 aliphatic carbocycles. The third-order valence-corrected chi connectivity index (χ3v) is 12.2. The van der Waals surface area contributed by atoms with Crippen LogP contribution in [0.1, 0.15) is 88.2 Å². The van der Waals surface area contributed by atoms with Gasteiger partial charge in [-0.05, 0) is 167 Å². The first-order valence-electron chi connectivity index (χ1n) is 22.8. The van der Waals surface area contributed by atoms with Crippen molar-refractivity contribution in [2.45, 2.75) is 93.2 Å². The van der Waals surface area contributed by atoms with Crippen molar-refractivity contribution < 1.29 is 14.0 Å². The van der Waals surface area contributed by atoms with Crippen LogP contribution in [0.25, 0.3) is 22.4 Å². The van der Waals surface area contributed by atoms with Gasteiger partial charge in [0.1, 0.15) is 6.10 Å². The number of anilines is 3. The molecule has 2 unspecified atom stereocenters. The molecular formula is C60H63N2O3+. The number of nitrogens with one attached hydrogen (secondary N) is 2. The standard InChI is InChI=1S/C51H53N2O3.C9H10/c1-31(2)51(54)56-47-16-12-11-15-46(47)53-45-26-25-44(42-13-9-10-14-43(42)45)48(38-17-21-40(22-18-38)52-49-34(5)27-32(3)28-35(49)6)39-19-23-41(24-20-39)55-50-36(7)29-33(4)30-37(50)8;1-3-9-6-4-8(2)5-7-9/h9-10,13-14,17-30,46-47,52-53H,1,11-12,15-16H2,2-8H3;3-7H,1H2,2H3/q+1;. The minimum Gasteiger partial charge on any atom is -0.457 e. The number of ether oxygens (including phenoxy) is 1. The summed E-state index contributed by atoms with van der Waals surface area (Å²) in [5, 5.41) is 9.75. The van der Waals surface area contributed by atoms with Crippen molar-refractivity contribution in [1.29, 1.82) is 0 Å². The highest BCUT2D eigenvalue weighted by Gasteiger charge is 2.29. The number of hydrogen-bond donors (Lipinski definition) is 2. The second-order valence-electron chi connectivity index (χ2n) is 17.8. The second-order valence-corrected chi connectivity index (χ2v) is 17.8. The van der Waals surface area contributed by atoms with Gasteiger partial charge in [-0.3, -0.25) is 0 Å². The topological polar surface area (TPSA) is 61.7 Å².